The van der Waals surface area contributed by atoms with Gasteiger partial charge in [0.05, 0.1) is 12.5 Å². The summed E-state index contributed by atoms with van der Waals surface area (Å²) in [6, 6.07) is 0. The first-order valence-corrected chi connectivity index (χ1v) is 14.2. The van der Waals surface area contributed by atoms with Crippen LogP contribution in [0.3, 0.4) is 0 Å². The van der Waals surface area contributed by atoms with E-state index >= 15 is 0 Å². The predicted molar refractivity (Wildman–Crippen MR) is 137 cm³/mol. The highest BCUT2D eigenvalue weighted by molar-refractivity contribution is 5.85. The van der Waals surface area contributed by atoms with Crippen molar-refractivity contribution in [1.29, 1.82) is 0 Å². The quantitative estimate of drug-likeness (QED) is 0.359. The third-order valence-electron chi connectivity index (χ3n) is 13.0. The minimum absolute atomic E-state index is 0.00342. The Morgan fingerprint density at radius 2 is 1.69 bits per heavy atom. The van der Waals surface area contributed by atoms with E-state index in [2.05, 4.69) is 47.6 Å². The Morgan fingerprint density at radius 1 is 1.00 bits per heavy atom. The lowest BCUT2D eigenvalue weighted by Crippen LogP contribution is -2.66. The summed E-state index contributed by atoms with van der Waals surface area (Å²) >= 11 is 0. The molecule has 35 heavy (non-hydrogen) atoms. The highest BCUT2D eigenvalue weighted by Crippen LogP contribution is 2.75. The van der Waals surface area contributed by atoms with Crippen molar-refractivity contribution in [2.24, 2.45) is 50.2 Å². The number of hydrogen-bond donors (Lipinski definition) is 1. The Balaban J connectivity index is 1.62. The smallest absolute Gasteiger partial charge is 0.312 e. The molecule has 0 bridgehead atoms. The highest BCUT2D eigenvalue weighted by Gasteiger charge is 2.70. The second kappa shape index (κ2) is 7.68. The number of aliphatic hydroxyl groups is 1. The minimum Gasteiger partial charge on any atom is -0.469 e. The van der Waals surface area contributed by atoms with Crippen molar-refractivity contribution in [3.05, 3.63) is 11.6 Å². The molecule has 0 aromatic heterocycles. The van der Waals surface area contributed by atoms with Crippen LogP contribution in [0.25, 0.3) is 0 Å². The number of fused-ring (bicyclic) bond motifs is 7. The molecule has 5 aliphatic carbocycles. The zero-order valence-corrected chi connectivity index (χ0v) is 23.3. The maximum Gasteiger partial charge on any atom is 0.312 e. The fourth-order valence-corrected chi connectivity index (χ4v) is 10.6. The topological polar surface area (TPSA) is 63.6 Å². The lowest BCUT2D eigenvalue weighted by atomic mass is 9.33. The van der Waals surface area contributed by atoms with Gasteiger partial charge < -0.3 is 9.84 Å². The van der Waals surface area contributed by atoms with E-state index in [1.54, 1.807) is 7.11 Å². The average Bonchev–Trinajstić information content (AvgIpc) is 2.80. The molecule has 0 spiro atoms. The molecule has 0 amide bonds. The van der Waals surface area contributed by atoms with Crippen molar-refractivity contribution in [2.45, 2.75) is 106 Å². The maximum atomic E-state index is 13.3. The Bertz CT molecular complexity index is 961. The van der Waals surface area contributed by atoms with E-state index in [-0.39, 0.29) is 56.9 Å². The van der Waals surface area contributed by atoms with Crippen LogP contribution < -0.4 is 0 Å². The number of ketones is 1. The molecule has 0 unspecified atom stereocenters. The molecular formula is C31H48O4. The molecule has 4 fully saturated rings. The van der Waals surface area contributed by atoms with Crippen molar-refractivity contribution in [3.63, 3.8) is 0 Å². The molecule has 0 aromatic rings. The monoisotopic (exact) mass is 484 g/mol. The molecule has 5 rings (SSSR count). The number of ether oxygens (including phenoxy) is 1. The number of carbonyl (C=O) groups is 2. The van der Waals surface area contributed by atoms with Crippen LogP contribution in [0, 0.1) is 50.2 Å². The largest absolute Gasteiger partial charge is 0.469 e. The summed E-state index contributed by atoms with van der Waals surface area (Å²) in [5.41, 5.74) is 0.839. The van der Waals surface area contributed by atoms with Gasteiger partial charge >= 0.3 is 5.97 Å². The number of rotatable bonds is 2. The molecule has 4 saturated carbocycles. The zero-order valence-electron chi connectivity index (χ0n) is 23.3. The summed E-state index contributed by atoms with van der Waals surface area (Å²) in [5, 5.41) is 11.0. The van der Waals surface area contributed by atoms with Gasteiger partial charge in [0, 0.05) is 23.9 Å². The molecule has 4 nitrogen and oxygen atoms in total. The van der Waals surface area contributed by atoms with Crippen molar-refractivity contribution >= 4 is 11.8 Å². The van der Waals surface area contributed by atoms with Gasteiger partial charge in [-0.15, -0.1) is 0 Å². The molecule has 0 aliphatic heterocycles. The van der Waals surface area contributed by atoms with Gasteiger partial charge in [-0.3, -0.25) is 9.59 Å². The van der Waals surface area contributed by atoms with Gasteiger partial charge in [-0.1, -0.05) is 53.2 Å². The van der Waals surface area contributed by atoms with E-state index < -0.39 is 0 Å². The fraction of sp³-hybridized carbons (Fsp3) is 0.871. The molecule has 4 heteroatoms. The number of methoxy groups -OCH3 is 1. The first kappa shape index (κ1) is 25.5. The van der Waals surface area contributed by atoms with E-state index in [1.807, 2.05) is 0 Å². The Labute approximate surface area is 212 Å². The van der Waals surface area contributed by atoms with Crippen molar-refractivity contribution in [3.8, 4) is 0 Å². The lowest BCUT2D eigenvalue weighted by Gasteiger charge is -2.70. The summed E-state index contributed by atoms with van der Waals surface area (Å²) in [4.78, 5) is 26.3. The van der Waals surface area contributed by atoms with E-state index in [0.29, 0.717) is 18.1 Å². The van der Waals surface area contributed by atoms with Gasteiger partial charge in [0.1, 0.15) is 5.78 Å². The van der Waals surface area contributed by atoms with Gasteiger partial charge in [-0.05, 0) is 91.8 Å². The number of Topliss-reactive ketones (excluding diaryl/α,β-unsaturated/α-hetero) is 1. The SMILES string of the molecule is COC(=O)[C@]12CCC(C)(C)C[C@H]1C1=CC[C@@H]3[C@@]4(CO)CCC(=O)C(C)(C)[C@@H]4CC[C@@]3(C)[C@]1(C)CC2. The second-order valence-corrected chi connectivity index (χ2v) is 14.9. The molecule has 0 saturated heterocycles. The second-order valence-electron chi connectivity index (χ2n) is 14.9. The molecule has 0 aromatic carbocycles. The van der Waals surface area contributed by atoms with Crippen LogP contribution in [0.2, 0.25) is 0 Å². The molecule has 0 radical (unpaired) electrons. The van der Waals surface area contributed by atoms with Crippen LogP contribution in [-0.2, 0) is 14.3 Å². The van der Waals surface area contributed by atoms with Crippen LogP contribution in [0.5, 0.6) is 0 Å². The van der Waals surface area contributed by atoms with Crippen LogP contribution >= 0.6 is 0 Å². The van der Waals surface area contributed by atoms with Crippen LogP contribution in [0.1, 0.15) is 106 Å². The van der Waals surface area contributed by atoms with Crippen molar-refractivity contribution in [1.82, 2.24) is 0 Å². The van der Waals surface area contributed by atoms with E-state index in [4.69, 9.17) is 4.74 Å². The lowest BCUT2D eigenvalue weighted by molar-refractivity contribution is -0.203. The van der Waals surface area contributed by atoms with Gasteiger partial charge in [-0.25, -0.2) is 0 Å². The van der Waals surface area contributed by atoms with E-state index in [9.17, 15) is 14.7 Å². The number of hydrogen-bond acceptors (Lipinski definition) is 4. The molecule has 1 N–H and O–H groups in total. The number of aliphatic hydroxyl groups excluding tert-OH is 1. The standard InChI is InChI=1S/C31H48O4/c1-26(2)14-16-30(25(34)35-7)17-15-28(5)20(21(30)18-26)8-9-23-29(28,6)12-10-22-27(3,4)24(33)11-13-31(22,23)19-32/h8,21-23,32H,9-19H2,1-7H3/t21-,22-,23-,28+,29+,30-,31+/m0/s1. The minimum atomic E-state index is -0.385. The van der Waals surface area contributed by atoms with Crippen LogP contribution in [-0.4, -0.2) is 30.6 Å². The number of esters is 1. The average molecular weight is 485 g/mol. The first-order valence-electron chi connectivity index (χ1n) is 14.2. The Kier molecular flexibility index (Phi) is 5.59. The van der Waals surface area contributed by atoms with Gasteiger partial charge in [0.2, 0.25) is 0 Å². The van der Waals surface area contributed by atoms with Gasteiger partial charge in [0.15, 0.2) is 0 Å². The Morgan fingerprint density at radius 3 is 2.34 bits per heavy atom. The Hall–Kier alpha value is -1.16. The third kappa shape index (κ3) is 3.07. The first-order chi connectivity index (χ1) is 16.2. The number of allylic oxidation sites excluding steroid dienone is 2. The molecule has 7 atom stereocenters. The van der Waals surface area contributed by atoms with Crippen molar-refractivity contribution in [2.75, 3.05) is 13.7 Å². The van der Waals surface area contributed by atoms with Gasteiger partial charge in [0.25, 0.3) is 0 Å². The summed E-state index contributed by atoms with van der Waals surface area (Å²) in [7, 11) is 1.56. The summed E-state index contributed by atoms with van der Waals surface area (Å²) in [6.45, 7) is 14.2. The molecular weight excluding hydrogens is 436 g/mol. The van der Waals surface area contributed by atoms with Crippen molar-refractivity contribution < 1.29 is 19.4 Å². The summed E-state index contributed by atoms with van der Waals surface area (Å²) in [5.74, 6) is 1.21. The summed E-state index contributed by atoms with van der Waals surface area (Å²) in [6.07, 6.45) is 11.9. The molecule has 196 valence electrons. The normalized spacial score (nSPS) is 47.9. The van der Waals surface area contributed by atoms with Crippen LogP contribution in [0.15, 0.2) is 11.6 Å². The van der Waals surface area contributed by atoms with E-state index in [0.717, 1.165) is 57.8 Å². The number of carbonyl (C=O) groups excluding carboxylic acids is 2. The highest BCUT2D eigenvalue weighted by atomic mass is 16.5. The van der Waals surface area contributed by atoms with Crippen LogP contribution in [0.4, 0.5) is 0 Å². The predicted octanol–water partition coefficient (Wildman–Crippen LogP) is 6.50. The summed E-state index contributed by atoms with van der Waals surface area (Å²) < 4.78 is 5.47. The third-order valence-corrected chi connectivity index (χ3v) is 13.0. The zero-order chi connectivity index (χ0) is 25.7. The molecule has 5 aliphatic rings. The molecule has 0 heterocycles. The fourth-order valence-electron chi connectivity index (χ4n) is 10.6. The van der Waals surface area contributed by atoms with Gasteiger partial charge in [-0.2, -0.15) is 0 Å². The maximum absolute atomic E-state index is 13.3. The van der Waals surface area contributed by atoms with E-state index in [1.165, 1.54) is 5.57 Å².